The standard InChI is InChI=1S/C27H37N3O3/c1-27(13-5-2-6-14-27)29-22-8-4-3-7-19(22)15-18-9-10-21-20(16-18)17-30(26(21)33)23-11-12-24(31)28-25(23)32/h9-10,16,19,22-23,29H,2-8,11-15,17H2,1H3,(H,28,31,32)/t19-,22+,23?/m1/s1. The molecular weight excluding hydrogens is 414 g/mol. The van der Waals surface area contributed by atoms with Gasteiger partial charge in [0.1, 0.15) is 6.04 Å². The Morgan fingerprint density at radius 2 is 1.82 bits per heavy atom. The Labute approximate surface area is 196 Å². The van der Waals surface area contributed by atoms with Crippen molar-refractivity contribution in [3.8, 4) is 0 Å². The van der Waals surface area contributed by atoms with Gasteiger partial charge in [-0.25, -0.2) is 0 Å². The second-order valence-electron chi connectivity index (χ2n) is 11.0. The van der Waals surface area contributed by atoms with Gasteiger partial charge in [-0.15, -0.1) is 0 Å². The maximum Gasteiger partial charge on any atom is 0.255 e. The maximum absolute atomic E-state index is 13.0. The van der Waals surface area contributed by atoms with Crippen molar-refractivity contribution in [3.63, 3.8) is 0 Å². The lowest BCUT2D eigenvalue weighted by molar-refractivity contribution is -0.136. The summed E-state index contributed by atoms with van der Waals surface area (Å²) in [7, 11) is 0. The highest BCUT2D eigenvalue weighted by Gasteiger charge is 2.39. The first-order chi connectivity index (χ1) is 15.9. The minimum absolute atomic E-state index is 0.0894. The van der Waals surface area contributed by atoms with Gasteiger partial charge < -0.3 is 10.2 Å². The van der Waals surface area contributed by atoms with E-state index < -0.39 is 6.04 Å². The summed E-state index contributed by atoms with van der Waals surface area (Å²) in [5.41, 5.74) is 3.29. The van der Waals surface area contributed by atoms with Crippen LogP contribution in [-0.2, 0) is 22.6 Å². The first kappa shape index (κ1) is 22.6. The Hall–Kier alpha value is -2.21. The molecule has 0 aromatic heterocycles. The number of rotatable bonds is 5. The predicted molar refractivity (Wildman–Crippen MR) is 127 cm³/mol. The van der Waals surface area contributed by atoms with Crippen LogP contribution in [0.25, 0.3) is 0 Å². The van der Waals surface area contributed by atoms with Crippen LogP contribution in [0.3, 0.4) is 0 Å². The molecule has 1 aromatic rings. The number of imide groups is 1. The van der Waals surface area contributed by atoms with Crippen molar-refractivity contribution in [2.24, 2.45) is 5.92 Å². The lowest BCUT2D eigenvalue weighted by Gasteiger charge is -2.42. The fourth-order valence-electron chi connectivity index (χ4n) is 6.62. The van der Waals surface area contributed by atoms with Crippen molar-refractivity contribution in [1.82, 2.24) is 15.5 Å². The molecule has 1 unspecified atom stereocenters. The highest BCUT2D eigenvalue weighted by atomic mass is 16.2. The first-order valence-corrected chi connectivity index (χ1v) is 13.0. The highest BCUT2D eigenvalue weighted by molar-refractivity contribution is 6.05. The van der Waals surface area contributed by atoms with Crippen LogP contribution in [0.1, 0.15) is 99.0 Å². The average Bonchev–Trinajstić information content (AvgIpc) is 3.11. The third-order valence-corrected chi connectivity index (χ3v) is 8.49. The van der Waals surface area contributed by atoms with Crippen LogP contribution in [0.2, 0.25) is 0 Å². The molecule has 6 nitrogen and oxygen atoms in total. The zero-order chi connectivity index (χ0) is 23.0. The minimum atomic E-state index is -0.547. The third kappa shape index (κ3) is 4.72. The molecule has 3 amide bonds. The van der Waals surface area contributed by atoms with Crippen LogP contribution >= 0.6 is 0 Å². The van der Waals surface area contributed by atoms with Gasteiger partial charge in [-0.2, -0.15) is 0 Å². The fourth-order valence-corrected chi connectivity index (χ4v) is 6.62. The Morgan fingerprint density at radius 3 is 2.61 bits per heavy atom. The Kier molecular flexibility index (Phi) is 6.30. The van der Waals surface area contributed by atoms with Gasteiger partial charge in [0.25, 0.3) is 5.91 Å². The number of nitrogens with zero attached hydrogens (tertiary/aromatic N) is 1. The van der Waals surface area contributed by atoms with E-state index in [0.29, 0.717) is 30.5 Å². The molecule has 1 saturated heterocycles. The summed E-state index contributed by atoms with van der Waals surface area (Å²) in [4.78, 5) is 38.4. The van der Waals surface area contributed by atoms with Crippen molar-refractivity contribution >= 4 is 17.7 Å². The Bertz CT molecular complexity index is 937. The van der Waals surface area contributed by atoms with E-state index in [9.17, 15) is 14.4 Å². The molecule has 5 rings (SSSR count). The summed E-state index contributed by atoms with van der Waals surface area (Å²) in [6.45, 7) is 2.88. The van der Waals surface area contributed by atoms with Crippen molar-refractivity contribution in [1.29, 1.82) is 0 Å². The molecule has 0 radical (unpaired) electrons. The number of carbonyl (C=O) groups is 3. The van der Waals surface area contributed by atoms with E-state index in [0.717, 1.165) is 12.0 Å². The molecule has 0 bridgehead atoms. The maximum atomic E-state index is 13.0. The number of carbonyl (C=O) groups excluding carboxylic acids is 3. The largest absolute Gasteiger partial charge is 0.322 e. The highest BCUT2D eigenvalue weighted by Crippen LogP contribution is 2.35. The van der Waals surface area contributed by atoms with Crippen molar-refractivity contribution in [2.45, 2.75) is 108 Å². The molecule has 178 valence electrons. The van der Waals surface area contributed by atoms with Crippen LogP contribution in [0.5, 0.6) is 0 Å². The molecule has 4 aliphatic rings. The van der Waals surface area contributed by atoms with E-state index in [1.807, 2.05) is 6.07 Å². The smallest absolute Gasteiger partial charge is 0.255 e. The molecule has 0 spiro atoms. The van der Waals surface area contributed by atoms with Crippen molar-refractivity contribution in [2.75, 3.05) is 0 Å². The number of nitrogens with one attached hydrogen (secondary N) is 2. The number of fused-ring (bicyclic) bond motifs is 1. The predicted octanol–water partition coefficient (Wildman–Crippen LogP) is 3.86. The summed E-state index contributed by atoms with van der Waals surface area (Å²) in [6, 6.07) is 6.27. The topological polar surface area (TPSA) is 78.5 Å². The van der Waals surface area contributed by atoms with Crippen LogP contribution in [0.4, 0.5) is 0 Å². The first-order valence-electron chi connectivity index (χ1n) is 13.0. The average molecular weight is 452 g/mol. The summed E-state index contributed by atoms with van der Waals surface area (Å²) < 4.78 is 0. The van der Waals surface area contributed by atoms with Crippen LogP contribution in [-0.4, -0.2) is 40.2 Å². The summed E-state index contributed by atoms with van der Waals surface area (Å²) in [5.74, 6) is -0.0623. The molecule has 2 aliphatic carbocycles. The number of benzene rings is 1. The van der Waals surface area contributed by atoms with Crippen molar-refractivity contribution in [3.05, 3.63) is 34.9 Å². The Balaban J connectivity index is 1.27. The molecule has 6 heteroatoms. The van der Waals surface area contributed by atoms with Crippen molar-refractivity contribution < 1.29 is 14.4 Å². The van der Waals surface area contributed by atoms with E-state index >= 15 is 0 Å². The molecule has 3 fully saturated rings. The van der Waals surface area contributed by atoms with E-state index in [2.05, 4.69) is 29.7 Å². The molecule has 1 aromatic carbocycles. The molecule has 3 atom stereocenters. The normalized spacial score (nSPS) is 29.7. The number of piperidine rings is 1. The van der Waals surface area contributed by atoms with Gasteiger partial charge in [0.15, 0.2) is 0 Å². The molecule has 2 heterocycles. The zero-order valence-corrected chi connectivity index (χ0v) is 19.8. The van der Waals surface area contributed by atoms with Gasteiger partial charge in [0.05, 0.1) is 0 Å². The Morgan fingerprint density at radius 1 is 1.03 bits per heavy atom. The van der Waals surface area contributed by atoms with Crippen LogP contribution in [0, 0.1) is 5.92 Å². The van der Waals surface area contributed by atoms with Gasteiger partial charge >= 0.3 is 0 Å². The summed E-state index contributed by atoms with van der Waals surface area (Å²) in [6.07, 6.45) is 13.5. The fraction of sp³-hybridized carbons (Fsp3) is 0.667. The van der Waals surface area contributed by atoms with E-state index in [4.69, 9.17) is 0 Å². The molecule has 2 saturated carbocycles. The van der Waals surface area contributed by atoms with Gasteiger partial charge in [0, 0.05) is 30.1 Å². The quantitative estimate of drug-likeness (QED) is 0.667. The molecule has 2 aliphatic heterocycles. The van der Waals surface area contributed by atoms with Gasteiger partial charge in [-0.1, -0.05) is 44.2 Å². The summed E-state index contributed by atoms with van der Waals surface area (Å²) >= 11 is 0. The second kappa shape index (κ2) is 9.21. The zero-order valence-electron chi connectivity index (χ0n) is 19.8. The second-order valence-corrected chi connectivity index (χ2v) is 11.0. The molecule has 2 N–H and O–H groups in total. The van der Waals surface area contributed by atoms with E-state index in [1.165, 1.54) is 63.4 Å². The van der Waals surface area contributed by atoms with Gasteiger partial charge in [-0.3, -0.25) is 19.7 Å². The lowest BCUT2D eigenvalue weighted by atomic mass is 9.77. The molecular formula is C27H37N3O3. The number of amides is 3. The van der Waals surface area contributed by atoms with Gasteiger partial charge in [-0.05, 0) is 68.6 Å². The van der Waals surface area contributed by atoms with Crippen LogP contribution < -0.4 is 10.6 Å². The molecule has 33 heavy (non-hydrogen) atoms. The summed E-state index contributed by atoms with van der Waals surface area (Å²) in [5, 5.41) is 6.47. The van der Waals surface area contributed by atoms with E-state index in [-0.39, 0.29) is 29.7 Å². The SMILES string of the molecule is CC1(N[C@H]2CCCC[C@@H]2Cc2ccc3c(c2)CN(C2CCC(=O)NC2=O)C3=O)CCCCC1. The van der Waals surface area contributed by atoms with E-state index in [1.54, 1.807) is 4.90 Å². The van der Waals surface area contributed by atoms with Crippen LogP contribution in [0.15, 0.2) is 18.2 Å². The minimum Gasteiger partial charge on any atom is -0.322 e. The number of hydrogen-bond acceptors (Lipinski definition) is 4. The lowest BCUT2D eigenvalue weighted by Crippen LogP contribution is -2.53. The van der Waals surface area contributed by atoms with Gasteiger partial charge in [0.2, 0.25) is 11.8 Å². The third-order valence-electron chi connectivity index (χ3n) is 8.49. The monoisotopic (exact) mass is 451 g/mol. The number of hydrogen-bond donors (Lipinski definition) is 2.